The van der Waals surface area contributed by atoms with Gasteiger partial charge >= 0.3 is 0 Å². The van der Waals surface area contributed by atoms with Crippen LogP contribution >= 0.6 is 0 Å². The minimum absolute atomic E-state index is 0.413. The Morgan fingerprint density at radius 2 is 1.90 bits per heavy atom. The van der Waals surface area contributed by atoms with Gasteiger partial charge in [-0.3, -0.25) is 9.80 Å². The van der Waals surface area contributed by atoms with Crippen molar-refractivity contribution < 1.29 is 5.11 Å². The smallest absolute Gasteiger partial charge is 0.0916 e. The number of anilines is 1. The molecule has 2 aliphatic rings. The predicted octanol–water partition coefficient (Wildman–Crippen LogP) is 1.47. The van der Waals surface area contributed by atoms with Gasteiger partial charge in [-0.05, 0) is 56.6 Å². The van der Waals surface area contributed by atoms with Crippen LogP contribution in [0.3, 0.4) is 0 Å². The Kier molecular flexibility index (Phi) is 4.24. The number of nitrogens with two attached hydrogens (primary N) is 1. The third kappa shape index (κ3) is 3.14. The molecule has 0 aliphatic carbocycles. The molecule has 3 N–H and O–H groups in total. The summed E-state index contributed by atoms with van der Waals surface area (Å²) in [7, 11) is 0. The van der Waals surface area contributed by atoms with Crippen molar-refractivity contribution in [2.75, 3.05) is 38.5 Å². The van der Waals surface area contributed by atoms with E-state index in [0.29, 0.717) is 6.04 Å². The Bertz CT molecular complexity index is 434. The predicted molar refractivity (Wildman–Crippen MR) is 81.5 cm³/mol. The van der Waals surface area contributed by atoms with Crippen LogP contribution in [-0.4, -0.2) is 53.7 Å². The Morgan fingerprint density at radius 3 is 2.70 bits per heavy atom. The van der Waals surface area contributed by atoms with Gasteiger partial charge in [-0.15, -0.1) is 0 Å². The highest BCUT2D eigenvalue weighted by molar-refractivity contribution is 5.39. The van der Waals surface area contributed by atoms with Gasteiger partial charge in [0.25, 0.3) is 0 Å². The number of hydrogen-bond donors (Lipinski definition) is 2. The molecule has 1 aromatic carbocycles. The van der Waals surface area contributed by atoms with Crippen LogP contribution in [-0.2, 0) is 0 Å². The molecule has 110 valence electrons. The summed E-state index contributed by atoms with van der Waals surface area (Å²) in [4.78, 5) is 5.05. The van der Waals surface area contributed by atoms with Crippen molar-refractivity contribution in [1.82, 2.24) is 9.80 Å². The highest BCUT2D eigenvalue weighted by Crippen LogP contribution is 2.23. The molecule has 4 nitrogen and oxygen atoms in total. The van der Waals surface area contributed by atoms with E-state index in [9.17, 15) is 5.11 Å². The molecule has 2 fully saturated rings. The van der Waals surface area contributed by atoms with Crippen LogP contribution in [0, 0.1) is 0 Å². The zero-order valence-electron chi connectivity index (χ0n) is 12.0. The van der Waals surface area contributed by atoms with Crippen molar-refractivity contribution in [1.29, 1.82) is 0 Å². The average molecular weight is 275 g/mol. The molecular formula is C16H25N3O. The number of fused-ring (bicyclic) bond motifs is 1. The van der Waals surface area contributed by atoms with Gasteiger partial charge in [-0.1, -0.05) is 12.1 Å². The highest BCUT2D eigenvalue weighted by Gasteiger charge is 2.29. The van der Waals surface area contributed by atoms with E-state index in [-0.39, 0.29) is 0 Å². The van der Waals surface area contributed by atoms with Crippen molar-refractivity contribution in [3.63, 3.8) is 0 Å². The molecule has 2 aliphatic heterocycles. The van der Waals surface area contributed by atoms with E-state index in [4.69, 9.17) is 5.73 Å². The SMILES string of the molecule is Nc1ccc(C(O)CN2CCCN3CCCC3C2)cc1. The summed E-state index contributed by atoms with van der Waals surface area (Å²) < 4.78 is 0. The Labute approximate surface area is 121 Å². The summed E-state index contributed by atoms with van der Waals surface area (Å²) in [6.07, 6.45) is 3.45. The van der Waals surface area contributed by atoms with E-state index < -0.39 is 6.10 Å². The van der Waals surface area contributed by atoms with Crippen LogP contribution in [0.2, 0.25) is 0 Å². The van der Waals surface area contributed by atoms with Gasteiger partial charge in [0.2, 0.25) is 0 Å². The van der Waals surface area contributed by atoms with Crippen molar-refractivity contribution >= 4 is 5.69 Å². The zero-order valence-corrected chi connectivity index (χ0v) is 12.0. The van der Waals surface area contributed by atoms with E-state index >= 15 is 0 Å². The number of hydrogen-bond acceptors (Lipinski definition) is 4. The minimum Gasteiger partial charge on any atom is -0.399 e. The summed E-state index contributed by atoms with van der Waals surface area (Å²) in [6.45, 7) is 5.41. The van der Waals surface area contributed by atoms with Crippen molar-refractivity contribution in [2.24, 2.45) is 0 Å². The third-order valence-corrected chi connectivity index (χ3v) is 4.64. The number of rotatable bonds is 3. The van der Waals surface area contributed by atoms with Gasteiger partial charge in [-0.25, -0.2) is 0 Å². The number of nitrogens with zero attached hydrogens (tertiary/aromatic N) is 2. The number of aliphatic hydroxyl groups excluding tert-OH is 1. The molecule has 2 heterocycles. The second-order valence-electron chi connectivity index (χ2n) is 6.13. The van der Waals surface area contributed by atoms with E-state index in [1.54, 1.807) is 0 Å². The van der Waals surface area contributed by atoms with Gasteiger partial charge in [0.1, 0.15) is 0 Å². The van der Waals surface area contributed by atoms with E-state index in [1.165, 1.54) is 32.4 Å². The fourth-order valence-corrected chi connectivity index (χ4v) is 3.52. The standard InChI is InChI=1S/C16H25N3O/c17-14-6-4-13(5-7-14)16(20)12-18-8-2-10-19-9-1-3-15(19)11-18/h4-7,15-16,20H,1-3,8-12,17H2. The second kappa shape index (κ2) is 6.12. The topological polar surface area (TPSA) is 52.7 Å². The van der Waals surface area contributed by atoms with Gasteiger partial charge in [0, 0.05) is 24.8 Å². The highest BCUT2D eigenvalue weighted by atomic mass is 16.3. The minimum atomic E-state index is -0.413. The number of benzene rings is 1. The molecule has 0 radical (unpaired) electrons. The number of aliphatic hydroxyl groups is 1. The van der Waals surface area contributed by atoms with Crippen LogP contribution in [0.5, 0.6) is 0 Å². The monoisotopic (exact) mass is 275 g/mol. The molecule has 0 amide bonds. The molecule has 2 saturated heterocycles. The summed E-state index contributed by atoms with van der Waals surface area (Å²) in [5, 5.41) is 10.4. The Balaban J connectivity index is 1.60. The van der Waals surface area contributed by atoms with Crippen LogP contribution in [0.15, 0.2) is 24.3 Å². The van der Waals surface area contributed by atoms with Crippen molar-refractivity contribution in [3.8, 4) is 0 Å². The molecule has 0 aromatic heterocycles. The van der Waals surface area contributed by atoms with Crippen molar-refractivity contribution in [2.45, 2.75) is 31.4 Å². The van der Waals surface area contributed by atoms with Gasteiger partial charge in [0.05, 0.1) is 6.10 Å². The lowest BCUT2D eigenvalue weighted by molar-refractivity contribution is 0.108. The second-order valence-corrected chi connectivity index (χ2v) is 6.13. The lowest BCUT2D eigenvalue weighted by Gasteiger charge is -2.27. The summed E-state index contributed by atoms with van der Waals surface area (Å²) >= 11 is 0. The van der Waals surface area contributed by atoms with Crippen LogP contribution in [0.25, 0.3) is 0 Å². The first kappa shape index (κ1) is 13.9. The van der Waals surface area contributed by atoms with E-state index in [2.05, 4.69) is 9.80 Å². The molecule has 0 saturated carbocycles. The Morgan fingerprint density at radius 1 is 1.15 bits per heavy atom. The van der Waals surface area contributed by atoms with Gasteiger partial charge in [-0.2, -0.15) is 0 Å². The zero-order chi connectivity index (χ0) is 13.9. The summed E-state index contributed by atoms with van der Waals surface area (Å²) in [6, 6.07) is 8.29. The molecule has 2 atom stereocenters. The molecule has 2 unspecified atom stereocenters. The maximum Gasteiger partial charge on any atom is 0.0916 e. The molecule has 3 rings (SSSR count). The van der Waals surface area contributed by atoms with Crippen molar-refractivity contribution in [3.05, 3.63) is 29.8 Å². The maximum atomic E-state index is 10.4. The van der Waals surface area contributed by atoms with Crippen LogP contribution < -0.4 is 5.73 Å². The Hall–Kier alpha value is -1.10. The number of β-amino-alcohol motifs (C(OH)–C–C–N with tert-alkyl or cyclic N) is 1. The number of nitrogen functional groups attached to an aromatic ring is 1. The fraction of sp³-hybridized carbons (Fsp3) is 0.625. The third-order valence-electron chi connectivity index (χ3n) is 4.64. The lowest BCUT2D eigenvalue weighted by atomic mass is 10.1. The first-order valence-electron chi connectivity index (χ1n) is 7.72. The average Bonchev–Trinajstić information content (AvgIpc) is 2.78. The normalized spacial score (nSPS) is 26.1. The van der Waals surface area contributed by atoms with E-state index in [1.807, 2.05) is 24.3 Å². The first-order chi connectivity index (χ1) is 9.72. The summed E-state index contributed by atoms with van der Waals surface area (Å²) in [5.41, 5.74) is 7.40. The molecule has 4 heteroatoms. The van der Waals surface area contributed by atoms with Gasteiger partial charge in [0.15, 0.2) is 0 Å². The molecule has 0 bridgehead atoms. The summed E-state index contributed by atoms with van der Waals surface area (Å²) in [5.74, 6) is 0. The van der Waals surface area contributed by atoms with Crippen LogP contribution in [0.4, 0.5) is 5.69 Å². The maximum absolute atomic E-state index is 10.4. The lowest BCUT2D eigenvalue weighted by Crippen LogP contribution is -2.38. The van der Waals surface area contributed by atoms with Crippen LogP contribution in [0.1, 0.15) is 30.9 Å². The molecule has 1 aromatic rings. The molecule has 20 heavy (non-hydrogen) atoms. The van der Waals surface area contributed by atoms with E-state index in [0.717, 1.165) is 30.9 Å². The largest absolute Gasteiger partial charge is 0.399 e. The molecular weight excluding hydrogens is 250 g/mol. The molecule has 0 spiro atoms. The fourth-order valence-electron chi connectivity index (χ4n) is 3.52. The van der Waals surface area contributed by atoms with Gasteiger partial charge < -0.3 is 10.8 Å². The first-order valence-corrected chi connectivity index (χ1v) is 7.72. The quantitative estimate of drug-likeness (QED) is 0.820.